The lowest BCUT2D eigenvalue weighted by Gasteiger charge is -2.06. The van der Waals surface area contributed by atoms with E-state index in [9.17, 15) is 8.78 Å². The van der Waals surface area contributed by atoms with Gasteiger partial charge in [-0.15, -0.1) is 0 Å². The molecule has 17 heavy (non-hydrogen) atoms. The van der Waals surface area contributed by atoms with Crippen molar-refractivity contribution in [2.24, 2.45) is 0 Å². The highest BCUT2D eigenvalue weighted by molar-refractivity contribution is 5.63. The number of halogens is 2. The summed E-state index contributed by atoms with van der Waals surface area (Å²) in [6.45, 7) is 0. The normalized spacial score (nSPS) is 10.3. The number of ether oxygens (including phenoxy) is 1. The molecule has 0 saturated heterocycles. The first-order valence-electron chi connectivity index (χ1n) is 4.80. The maximum atomic E-state index is 13.5. The Labute approximate surface area is 96.3 Å². The number of nitrogens with zero attached hydrogens (tertiary/aromatic N) is 1. The van der Waals surface area contributed by atoms with Gasteiger partial charge in [0.25, 0.3) is 0 Å². The number of hydrogen-bond donors (Lipinski definition) is 1. The van der Waals surface area contributed by atoms with E-state index in [-0.39, 0.29) is 17.0 Å². The number of rotatable bonds is 2. The van der Waals surface area contributed by atoms with E-state index in [1.165, 1.54) is 25.3 Å². The largest absolute Gasteiger partial charge is 0.506 e. The summed E-state index contributed by atoms with van der Waals surface area (Å²) in [5, 5.41) is 9.03. The highest BCUT2D eigenvalue weighted by atomic mass is 19.1. The minimum Gasteiger partial charge on any atom is -0.506 e. The number of methoxy groups -OCH3 is 1. The first-order chi connectivity index (χ1) is 8.11. The molecule has 0 radical (unpaired) electrons. The minimum absolute atomic E-state index is 0.0122. The Kier molecular flexibility index (Phi) is 2.91. The van der Waals surface area contributed by atoms with Crippen molar-refractivity contribution < 1.29 is 18.6 Å². The van der Waals surface area contributed by atoms with Gasteiger partial charge >= 0.3 is 0 Å². The molecule has 0 spiro atoms. The van der Waals surface area contributed by atoms with E-state index in [1.54, 1.807) is 0 Å². The molecule has 5 heteroatoms. The SMILES string of the molecule is COc1ccc(F)c(-c2ncc(O)cc2F)c1. The molecule has 1 N–H and O–H groups in total. The summed E-state index contributed by atoms with van der Waals surface area (Å²) >= 11 is 0. The summed E-state index contributed by atoms with van der Waals surface area (Å²) in [6, 6.07) is 4.82. The van der Waals surface area contributed by atoms with Crippen molar-refractivity contribution in [3.8, 4) is 22.8 Å². The van der Waals surface area contributed by atoms with E-state index in [0.717, 1.165) is 12.3 Å². The third-order valence-electron chi connectivity index (χ3n) is 2.26. The Bertz CT molecular complexity index is 558. The maximum absolute atomic E-state index is 13.5. The molecule has 1 aromatic heterocycles. The Morgan fingerprint density at radius 1 is 1.18 bits per heavy atom. The van der Waals surface area contributed by atoms with Crippen LogP contribution >= 0.6 is 0 Å². The fourth-order valence-corrected chi connectivity index (χ4v) is 1.44. The maximum Gasteiger partial charge on any atom is 0.153 e. The summed E-state index contributed by atoms with van der Waals surface area (Å²) in [7, 11) is 1.43. The van der Waals surface area contributed by atoms with Crippen molar-refractivity contribution in [1.29, 1.82) is 0 Å². The second kappa shape index (κ2) is 4.37. The van der Waals surface area contributed by atoms with Gasteiger partial charge in [-0.1, -0.05) is 0 Å². The van der Waals surface area contributed by atoms with E-state index in [0.29, 0.717) is 5.75 Å². The molecule has 88 valence electrons. The zero-order chi connectivity index (χ0) is 12.4. The van der Waals surface area contributed by atoms with E-state index >= 15 is 0 Å². The molecule has 0 fully saturated rings. The van der Waals surface area contributed by atoms with Crippen LogP contribution in [0.2, 0.25) is 0 Å². The fraction of sp³-hybridized carbons (Fsp3) is 0.0833. The number of pyridine rings is 1. The molecular weight excluding hydrogens is 228 g/mol. The first-order valence-corrected chi connectivity index (χ1v) is 4.80. The van der Waals surface area contributed by atoms with Crippen LogP contribution < -0.4 is 4.74 Å². The third kappa shape index (κ3) is 2.18. The molecule has 0 atom stereocenters. The van der Waals surface area contributed by atoms with Crippen molar-refractivity contribution in [3.63, 3.8) is 0 Å². The molecule has 2 aromatic rings. The van der Waals surface area contributed by atoms with Gasteiger partial charge in [-0.2, -0.15) is 0 Å². The van der Waals surface area contributed by atoms with Gasteiger partial charge in [0, 0.05) is 11.6 Å². The molecule has 2 rings (SSSR count). The van der Waals surface area contributed by atoms with Gasteiger partial charge in [-0.25, -0.2) is 13.8 Å². The summed E-state index contributed by atoms with van der Waals surface area (Å²) in [5.41, 5.74) is -0.180. The van der Waals surface area contributed by atoms with Gasteiger partial charge in [-0.3, -0.25) is 0 Å². The second-order valence-electron chi connectivity index (χ2n) is 3.37. The molecule has 1 heterocycles. The van der Waals surface area contributed by atoms with Crippen LogP contribution in [-0.4, -0.2) is 17.2 Å². The number of aromatic nitrogens is 1. The van der Waals surface area contributed by atoms with Crippen LogP contribution in [0.15, 0.2) is 30.5 Å². The van der Waals surface area contributed by atoms with Crippen LogP contribution in [-0.2, 0) is 0 Å². The highest BCUT2D eigenvalue weighted by Gasteiger charge is 2.13. The smallest absolute Gasteiger partial charge is 0.153 e. The Hall–Kier alpha value is -2.17. The standard InChI is InChI=1S/C12H9F2NO2/c1-17-8-2-3-10(13)9(5-8)12-11(14)4-7(16)6-15-12/h2-6,16H,1H3. The van der Waals surface area contributed by atoms with E-state index in [2.05, 4.69) is 4.98 Å². The third-order valence-corrected chi connectivity index (χ3v) is 2.26. The average molecular weight is 237 g/mol. The quantitative estimate of drug-likeness (QED) is 0.873. The van der Waals surface area contributed by atoms with Crippen LogP contribution in [0.5, 0.6) is 11.5 Å². The lowest BCUT2D eigenvalue weighted by Crippen LogP contribution is -1.93. The molecule has 0 bridgehead atoms. The first kappa shape index (κ1) is 11.3. The van der Waals surface area contributed by atoms with Gasteiger partial charge in [0.2, 0.25) is 0 Å². The van der Waals surface area contributed by atoms with Crippen molar-refractivity contribution in [3.05, 3.63) is 42.1 Å². The number of aromatic hydroxyl groups is 1. The van der Waals surface area contributed by atoms with Crippen molar-refractivity contribution in [1.82, 2.24) is 4.98 Å². The highest BCUT2D eigenvalue weighted by Crippen LogP contribution is 2.28. The van der Waals surface area contributed by atoms with Gasteiger partial charge in [-0.05, 0) is 18.2 Å². The van der Waals surface area contributed by atoms with Crippen LogP contribution in [0.25, 0.3) is 11.3 Å². The lowest BCUT2D eigenvalue weighted by molar-refractivity contribution is 0.414. The molecule has 0 aliphatic carbocycles. The molecule has 0 unspecified atom stereocenters. The van der Waals surface area contributed by atoms with E-state index in [1.807, 2.05) is 0 Å². The minimum atomic E-state index is -0.794. The van der Waals surface area contributed by atoms with Crippen molar-refractivity contribution >= 4 is 0 Å². The van der Waals surface area contributed by atoms with Crippen LogP contribution in [0, 0.1) is 11.6 Å². The molecule has 0 aliphatic rings. The van der Waals surface area contributed by atoms with Gasteiger partial charge < -0.3 is 9.84 Å². The predicted molar refractivity (Wildman–Crippen MR) is 57.8 cm³/mol. The van der Waals surface area contributed by atoms with Crippen molar-refractivity contribution in [2.75, 3.05) is 7.11 Å². The number of hydrogen-bond acceptors (Lipinski definition) is 3. The summed E-state index contributed by atoms with van der Waals surface area (Å²) in [4.78, 5) is 3.66. The molecule has 1 aromatic carbocycles. The zero-order valence-electron chi connectivity index (χ0n) is 8.95. The lowest BCUT2D eigenvalue weighted by atomic mass is 10.1. The van der Waals surface area contributed by atoms with Gasteiger partial charge in [0.15, 0.2) is 5.82 Å². The molecule has 0 aliphatic heterocycles. The number of benzene rings is 1. The zero-order valence-corrected chi connectivity index (χ0v) is 8.95. The Balaban J connectivity index is 2.59. The van der Waals surface area contributed by atoms with Gasteiger partial charge in [0.1, 0.15) is 23.0 Å². The Morgan fingerprint density at radius 2 is 1.94 bits per heavy atom. The summed E-state index contributed by atoms with van der Waals surface area (Å²) in [5.74, 6) is -1.31. The van der Waals surface area contributed by atoms with E-state index in [4.69, 9.17) is 9.84 Å². The molecule has 0 amide bonds. The van der Waals surface area contributed by atoms with Crippen LogP contribution in [0.1, 0.15) is 0 Å². The molecule has 3 nitrogen and oxygen atoms in total. The second-order valence-corrected chi connectivity index (χ2v) is 3.37. The summed E-state index contributed by atoms with van der Waals surface area (Å²) in [6.07, 6.45) is 1.05. The molecule has 0 saturated carbocycles. The predicted octanol–water partition coefficient (Wildman–Crippen LogP) is 2.74. The Morgan fingerprint density at radius 3 is 2.59 bits per heavy atom. The average Bonchev–Trinajstić information content (AvgIpc) is 2.30. The van der Waals surface area contributed by atoms with Crippen LogP contribution in [0.4, 0.5) is 8.78 Å². The van der Waals surface area contributed by atoms with Gasteiger partial charge in [0.05, 0.1) is 13.3 Å². The molecular formula is C12H9F2NO2. The van der Waals surface area contributed by atoms with Crippen LogP contribution in [0.3, 0.4) is 0 Å². The summed E-state index contributed by atoms with van der Waals surface area (Å²) < 4.78 is 32.0. The fourth-order valence-electron chi connectivity index (χ4n) is 1.44. The topological polar surface area (TPSA) is 42.4 Å². The van der Waals surface area contributed by atoms with E-state index < -0.39 is 11.6 Å². The van der Waals surface area contributed by atoms with Crippen molar-refractivity contribution in [2.45, 2.75) is 0 Å². The monoisotopic (exact) mass is 237 g/mol.